The number of hydrogen-bond donors (Lipinski definition) is 2. The molecule has 6 nitrogen and oxygen atoms in total. The quantitative estimate of drug-likeness (QED) is 0.749. The lowest BCUT2D eigenvalue weighted by Gasteiger charge is -2.18. The summed E-state index contributed by atoms with van der Waals surface area (Å²) >= 11 is 1.29. The second-order valence-corrected chi connectivity index (χ2v) is 6.88. The van der Waals surface area contributed by atoms with Crippen molar-refractivity contribution in [3.05, 3.63) is 59.0 Å². The predicted molar refractivity (Wildman–Crippen MR) is 105 cm³/mol. The second kappa shape index (κ2) is 8.64. The molecule has 0 bridgehead atoms. The Bertz CT molecular complexity index is 895. The summed E-state index contributed by atoms with van der Waals surface area (Å²) in [7, 11) is 3.17. The molecule has 2 aromatic rings. The van der Waals surface area contributed by atoms with Crippen molar-refractivity contribution >= 4 is 29.3 Å². The van der Waals surface area contributed by atoms with Gasteiger partial charge in [-0.3, -0.25) is 9.59 Å². The summed E-state index contributed by atoms with van der Waals surface area (Å²) in [6, 6.07) is 13.1. The van der Waals surface area contributed by atoms with Crippen molar-refractivity contribution in [2.24, 2.45) is 0 Å². The predicted octanol–water partition coefficient (Wildman–Crippen LogP) is 2.99. The maximum Gasteiger partial charge on any atom is 0.262 e. The Labute approximate surface area is 161 Å². The molecule has 27 heavy (non-hydrogen) atoms. The van der Waals surface area contributed by atoms with E-state index in [9.17, 15) is 9.59 Å². The molecule has 7 heteroatoms. The minimum atomic E-state index is -0.299. The van der Waals surface area contributed by atoms with Crippen molar-refractivity contribution in [1.29, 1.82) is 0 Å². The van der Waals surface area contributed by atoms with Crippen LogP contribution in [0.5, 0.6) is 11.5 Å². The zero-order chi connectivity index (χ0) is 19.2. The molecule has 0 atom stereocenters. The van der Waals surface area contributed by atoms with Crippen LogP contribution in [-0.2, 0) is 16.0 Å². The number of amides is 2. The Morgan fingerprint density at radius 3 is 2.70 bits per heavy atom. The van der Waals surface area contributed by atoms with Crippen LogP contribution < -0.4 is 20.1 Å². The zero-order valence-corrected chi connectivity index (χ0v) is 15.9. The molecular weight excluding hydrogens is 364 g/mol. The summed E-state index contributed by atoms with van der Waals surface area (Å²) < 4.78 is 10.5. The maximum absolute atomic E-state index is 12.2. The highest BCUT2D eigenvalue weighted by molar-refractivity contribution is 8.04. The van der Waals surface area contributed by atoms with Crippen LogP contribution in [0.15, 0.2) is 58.3 Å². The lowest BCUT2D eigenvalue weighted by atomic mass is 10.1. The fourth-order valence-electron chi connectivity index (χ4n) is 2.64. The molecule has 1 aliphatic rings. The SMILES string of the molecule is COc1ccc(CCNC(=O)/C=C2\Sc3ccccc3NC2=O)cc1OC. The lowest BCUT2D eigenvalue weighted by Crippen LogP contribution is -2.26. The van der Waals surface area contributed by atoms with Gasteiger partial charge in [-0.25, -0.2) is 0 Å². The lowest BCUT2D eigenvalue weighted by molar-refractivity contribution is -0.117. The first-order valence-corrected chi connectivity index (χ1v) is 9.21. The van der Waals surface area contributed by atoms with Crippen LogP contribution in [0.2, 0.25) is 0 Å². The van der Waals surface area contributed by atoms with Crippen LogP contribution in [0.25, 0.3) is 0 Å². The molecule has 0 saturated heterocycles. The fraction of sp³-hybridized carbons (Fsp3) is 0.200. The number of fused-ring (bicyclic) bond motifs is 1. The molecule has 140 valence electrons. The van der Waals surface area contributed by atoms with Gasteiger partial charge in [0, 0.05) is 17.5 Å². The highest BCUT2D eigenvalue weighted by Crippen LogP contribution is 2.37. The van der Waals surface area contributed by atoms with Gasteiger partial charge < -0.3 is 20.1 Å². The van der Waals surface area contributed by atoms with E-state index in [1.54, 1.807) is 14.2 Å². The molecule has 1 aliphatic heterocycles. The summed E-state index contributed by atoms with van der Waals surface area (Å²) in [5.74, 6) is 0.745. The minimum Gasteiger partial charge on any atom is -0.493 e. The van der Waals surface area contributed by atoms with Crippen molar-refractivity contribution in [3.63, 3.8) is 0 Å². The number of methoxy groups -OCH3 is 2. The zero-order valence-electron chi connectivity index (χ0n) is 15.1. The fourth-order valence-corrected chi connectivity index (χ4v) is 3.56. The van der Waals surface area contributed by atoms with Crippen LogP contribution in [0.4, 0.5) is 5.69 Å². The number of anilines is 1. The average molecular weight is 384 g/mol. The van der Waals surface area contributed by atoms with Crippen molar-refractivity contribution < 1.29 is 19.1 Å². The first-order valence-electron chi connectivity index (χ1n) is 8.39. The standard InChI is InChI=1S/C20H20N2O4S/c1-25-15-8-7-13(11-16(15)26-2)9-10-21-19(23)12-18-20(24)22-14-5-3-4-6-17(14)27-18/h3-8,11-12H,9-10H2,1-2H3,(H,21,23)(H,22,24)/b18-12-. The number of rotatable bonds is 6. The van der Waals surface area contributed by atoms with Gasteiger partial charge in [0.25, 0.3) is 5.91 Å². The van der Waals surface area contributed by atoms with Crippen molar-refractivity contribution in [1.82, 2.24) is 5.32 Å². The van der Waals surface area contributed by atoms with E-state index in [1.807, 2.05) is 42.5 Å². The monoisotopic (exact) mass is 384 g/mol. The molecule has 0 saturated carbocycles. The van der Waals surface area contributed by atoms with Gasteiger partial charge in [0.1, 0.15) is 0 Å². The first-order chi connectivity index (χ1) is 13.1. The Hall–Kier alpha value is -2.93. The van der Waals surface area contributed by atoms with E-state index in [4.69, 9.17) is 9.47 Å². The molecule has 1 heterocycles. The normalized spacial score (nSPS) is 14.3. The van der Waals surface area contributed by atoms with Gasteiger partial charge in [-0.2, -0.15) is 0 Å². The molecule has 3 rings (SSSR count). The van der Waals surface area contributed by atoms with Gasteiger partial charge >= 0.3 is 0 Å². The third-order valence-corrected chi connectivity index (χ3v) is 5.10. The molecule has 0 aromatic heterocycles. The van der Waals surface area contributed by atoms with Gasteiger partial charge in [0.15, 0.2) is 11.5 Å². The number of carbonyl (C=O) groups is 2. The van der Waals surface area contributed by atoms with Crippen molar-refractivity contribution in [2.45, 2.75) is 11.3 Å². The smallest absolute Gasteiger partial charge is 0.262 e. The summed E-state index contributed by atoms with van der Waals surface area (Å²) in [5.41, 5.74) is 1.78. The van der Waals surface area contributed by atoms with E-state index in [2.05, 4.69) is 10.6 Å². The highest BCUT2D eigenvalue weighted by atomic mass is 32.2. The van der Waals surface area contributed by atoms with Gasteiger partial charge in [-0.05, 0) is 36.2 Å². The van der Waals surface area contributed by atoms with Crippen molar-refractivity contribution in [2.75, 3.05) is 26.1 Å². The molecular formula is C20H20N2O4S. The van der Waals surface area contributed by atoms with Crippen molar-refractivity contribution in [3.8, 4) is 11.5 Å². The van der Waals surface area contributed by atoms with E-state index >= 15 is 0 Å². The number of ether oxygens (including phenoxy) is 2. The molecule has 0 fully saturated rings. The Morgan fingerprint density at radius 2 is 1.93 bits per heavy atom. The number of carbonyl (C=O) groups excluding carboxylic acids is 2. The van der Waals surface area contributed by atoms with Crippen LogP contribution in [0, 0.1) is 0 Å². The van der Waals surface area contributed by atoms with E-state index in [1.165, 1.54) is 17.8 Å². The minimum absolute atomic E-state index is 0.270. The summed E-state index contributed by atoms with van der Waals surface area (Å²) in [6.07, 6.45) is 1.97. The summed E-state index contributed by atoms with van der Waals surface area (Å²) in [6.45, 7) is 0.445. The van der Waals surface area contributed by atoms with Gasteiger partial charge in [-0.15, -0.1) is 0 Å². The van der Waals surface area contributed by atoms with Gasteiger partial charge in [-0.1, -0.05) is 30.0 Å². The molecule has 0 aliphatic carbocycles. The molecule has 2 aromatic carbocycles. The van der Waals surface area contributed by atoms with Crippen LogP contribution in [0.1, 0.15) is 5.56 Å². The molecule has 0 radical (unpaired) electrons. The molecule has 2 amide bonds. The third kappa shape index (κ3) is 4.62. The van der Waals surface area contributed by atoms with Crippen LogP contribution in [-0.4, -0.2) is 32.6 Å². The molecule has 0 spiro atoms. The van der Waals surface area contributed by atoms with E-state index in [0.29, 0.717) is 29.4 Å². The van der Waals surface area contributed by atoms with Crippen LogP contribution >= 0.6 is 11.8 Å². The number of thioether (sulfide) groups is 1. The van der Waals surface area contributed by atoms with Gasteiger partial charge in [0.05, 0.1) is 24.8 Å². The Balaban J connectivity index is 1.57. The highest BCUT2D eigenvalue weighted by Gasteiger charge is 2.21. The van der Waals surface area contributed by atoms with E-state index in [0.717, 1.165) is 16.1 Å². The van der Waals surface area contributed by atoms with Gasteiger partial charge in [0.2, 0.25) is 5.91 Å². The summed E-state index contributed by atoms with van der Waals surface area (Å²) in [5, 5.41) is 5.60. The number of para-hydroxylation sites is 1. The number of nitrogens with one attached hydrogen (secondary N) is 2. The molecule has 0 unspecified atom stereocenters. The third-order valence-electron chi connectivity index (χ3n) is 4.00. The Morgan fingerprint density at radius 1 is 1.15 bits per heavy atom. The second-order valence-electron chi connectivity index (χ2n) is 5.79. The van der Waals surface area contributed by atoms with E-state index < -0.39 is 0 Å². The number of hydrogen-bond acceptors (Lipinski definition) is 5. The largest absolute Gasteiger partial charge is 0.493 e. The first kappa shape index (κ1) is 18.8. The Kier molecular flexibility index (Phi) is 6.03. The van der Waals surface area contributed by atoms with E-state index in [-0.39, 0.29) is 11.8 Å². The summed E-state index contributed by atoms with van der Waals surface area (Å²) in [4.78, 5) is 25.6. The number of benzene rings is 2. The van der Waals surface area contributed by atoms with Crippen LogP contribution in [0.3, 0.4) is 0 Å². The maximum atomic E-state index is 12.2. The molecule has 2 N–H and O–H groups in total. The average Bonchev–Trinajstić information content (AvgIpc) is 2.68. The topological polar surface area (TPSA) is 76.7 Å².